The van der Waals surface area contributed by atoms with Crippen LogP contribution < -0.4 is 5.32 Å². The Labute approximate surface area is 178 Å². The zero-order valence-electron chi connectivity index (χ0n) is 16.1. The lowest BCUT2D eigenvalue weighted by Crippen LogP contribution is -2.59. The average molecular weight is 438 g/mol. The van der Waals surface area contributed by atoms with Crippen LogP contribution in [0.4, 0.5) is 0 Å². The summed E-state index contributed by atoms with van der Waals surface area (Å²) in [7, 11) is 1.54. The maximum absolute atomic E-state index is 11.9. The van der Waals surface area contributed by atoms with Crippen LogP contribution in [-0.4, -0.2) is 75.6 Å². The lowest BCUT2D eigenvalue weighted by Gasteiger charge is -2.42. The van der Waals surface area contributed by atoms with Gasteiger partial charge in [0.05, 0.1) is 6.61 Å². The number of aliphatic hydroxyl groups is 5. The number of benzene rings is 2. The van der Waals surface area contributed by atoms with E-state index in [1.165, 1.54) is 0 Å². The molecule has 1 aliphatic rings. The normalized spacial score (nSPS) is 27.5. The maximum atomic E-state index is 11.9. The van der Waals surface area contributed by atoms with Gasteiger partial charge >= 0.3 is 0 Å². The zero-order chi connectivity index (χ0) is 22.0. The third-order valence-corrected chi connectivity index (χ3v) is 5.57. The molecule has 0 spiro atoms. The Kier molecular flexibility index (Phi) is 7.10. The van der Waals surface area contributed by atoms with E-state index in [1.807, 2.05) is 6.07 Å². The molecule has 6 atom stereocenters. The van der Waals surface area contributed by atoms with Gasteiger partial charge in [-0.05, 0) is 29.3 Å². The molecule has 0 radical (unpaired) electrons. The number of aliphatic hydroxyl groups excluding tert-OH is 5. The maximum Gasteiger partial charge on any atom is 0.251 e. The van der Waals surface area contributed by atoms with E-state index in [0.29, 0.717) is 11.1 Å². The molecule has 1 amide bonds. The van der Waals surface area contributed by atoms with Crippen LogP contribution in [0.15, 0.2) is 42.5 Å². The molecule has 1 aliphatic heterocycles. The molecular weight excluding hydrogens is 414 g/mol. The van der Waals surface area contributed by atoms with Gasteiger partial charge in [0, 0.05) is 23.2 Å². The first-order valence-electron chi connectivity index (χ1n) is 9.39. The number of hydrogen-bond donors (Lipinski definition) is 6. The van der Waals surface area contributed by atoms with Gasteiger partial charge < -0.3 is 35.6 Å². The van der Waals surface area contributed by atoms with Crippen molar-refractivity contribution in [3.8, 4) is 11.1 Å². The lowest BCUT2D eigenvalue weighted by atomic mass is 9.89. The van der Waals surface area contributed by atoms with E-state index >= 15 is 0 Å². The van der Waals surface area contributed by atoms with Crippen molar-refractivity contribution in [2.75, 3.05) is 13.7 Å². The summed E-state index contributed by atoms with van der Waals surface area (Å²) in [5.74, 6) is -0.224. The minimum Gasteiger partial charge on any atom is -0.394 e. The minimum atomic E-state index is -1.60. The van der Waals surface area contributed by atoms with Crippen molar-refractivity contribution < 1.29 is 35.1 Å². The molecule has 3 rings (SSSR count). The molecular formula is C21H24ClNO7. The number of nitrogens with one attached hydrogen (secondary N) is 1. The molecule has 2 aromatic rings. The Hall–Kier alpha value is -2.04. The largest absolute Gasteiger partial charge is 0.394 e. The predicted octanol–water partition coefficient (Wildman–Crippen LogP) is 0.242. The van der Waals surface area contributed by atoms with E-state index in [-0.39, 0.29) is 16.5 Å². The Morgan fingerprint density at radius 1 is 1.10 bits per heavy atom. The van der Waals surface area contributed by atoms with Crippen molar-refractivity contribution in [2.24, 2.45) is 0 Å². The minimum absolute atomic E-state index is 0.183. The number of hydrogen-bond acceptors (Lipinski definition) is 7. The second-order valence-electron chi connectivity index (χ2n) is 7.13. The summed E-state index contributed by atoms with van der Waals surface area (Å²) in [6, 6.07) is 11.8. The fourth-order valence-electron chi connectivity index (χ4n) is 3.50. The number of ether oxygens (including phenoxy) is 1. The molecule has 0 saturated carbocycles. The molecule has 8 nitrogen and oxygen atoms in total. The van der Waals surface area contributed by atoms with Gasteiger partial charge in [-0.15, -0.1) is 0 Å². The van der Waals surface area contributed by atoms with Crippen LogP contribution >= 0.6 is 11.6 Å². The van der Waals surface area contributed by atoms with Crippen molar-refractivity contribution in [3.05, 3.63) is 58.6 Å². The molecule has 30 heavy (non-hydrogen) atoms. The third-order valence-electron chi connectivity index (χ3n) is 5.24. The van der Waals surface area contributed by atoms with Crippen LogP contribution in [0.25, 0.3) is 11.1 Å². The quantitative estimate of drug-likeness (QED) is 0.394. The highest BCUT2D eigenvalue weighted by molar-refractivity contribution is 6.31. The van der Waals surface area contributed by atoms with Crippen molar-refractivity contribution >= 4 is 17.5 Å². The smallest absolute Gasteiger partial charge is 0.251 e. The zero-order valence-corrected chi connectivity index (χ0v) is 16.9. The molecule has 2 aromatic carbocycles. The molecule has 0 aliphatic carbocycles. The molecule has 1 heterocycles. The van der Waals surface area contributed by atoms with Gasteiger partial charge in [-0.1, -0.05) is 35.9 Å². The summed E-state index contributed by atoms with van der Waals surface area (Å²) in [6.45, 7) is -0.595. The number of carbonyl (C=O) groups excluding carboxylic acids is 1. The molecule has 6 N–H and O–H groups in total. The van der Waals surface area contributed by atoms with Crippen LogP contribution in [0.1, 0.15) is 22.0 Å². The second kappa shape index (κ2) is 9.40. The molecule has 9 heteroatoms. The lowest BCUT2D eigenvalue weighted by molar-refractivity contribution is -0.250. The van der Waals surface area contributed by atoms with Gasteiger partial charge in [0.15, 0.2) is 0 Å². The van der Waals surface area contributed by atoms with Gasteiger partial charge in [0.2, 0.25) is 0 Å². The van der Waals surface area contributed by atoms with Crippen LogP contribution in [0.2, 0.25) is 5.02 Å². The standard InChI is InChI=1S/C21H24ClNO7/c1-23-21(29)12-4-2-3-10(7-12)11-5-6-13(14(22)8-11)16(25)20-19(28)18(27)17(26)15(9-24)30-20/h2-8,15-20,24-28H,9H2,1H3,(H,23,29)/t15?,16-,17-,18+,19?,20-/m1/s1. The third kappa shape index (κ3) is 4.35. The molecule has 1 fully saturated rings. The molecule has 0 bridgehead atoms. The topological polar surface area (TPSA) is 139 Å². The van der Waals surface area contributed by atoms with Crippen molar-refractivity contribution in [1.82, 2.24) is 5.32 Å². The number of amides is 1. The van der Waals surface area contributed by atoms with Gasteiger partial charge in [0.1, 0.15) is 36.6 Å². The second-order valence-corrected chi connectivity index (χ2v) is 7.54. The van der Waals surface area contributed by atoms with Crippen molar-refractivity contribution in [2.45, 2.75) is 36.6 Å². The summed E-state index contributed by atoms with van der Waals surface area (Å²) in [4.78, 5) is 11.9. The first-order chi connectivity index (χ1) is 14.3. The van der Waals surface area contributed by atoms with Crippen molar-refractivity contribution in [1.29, 1.82) is 0 Å². The Morgan fingerprint density at radius 2 is 1.80 bits per heavy atom. The van der Waals surface area contributed by atoms with Gasteiger partial charge in [-0.2, -0.15) is 0 Å². The molecule has 162 valence electrons. The highest BCUT2D eigenvalue weighted by Gasteiger charge is 2.46. The SMILES string of the molecule is CNC(=O)c1cccc(-c2ccc([C@@H](O)[C@H]3OC(CO)[C@@H](O)[C@H](O)C3O)c(Cl)c2)c1. The van der Waals surface area contributed by atoms with Gasteiger partial charge in [-0.25, -0.2) is 0 Å². The first-order valence-corrected chi connectivity index (χ1v) is 9.76. The van der Waals surface area contributed by atoms with E-state index in [9.17, 15) is 30.3 Å². The fraction of sp³-hybridized carbons (Fsp3) is 0.381. The summed E-state index contributed by atoms with van der Waals surface area (Å²) < 4.78 is 5.41. The van der Waals surface area contributed by atoms with E-state index in [1.54, 1.807) is 43.4 Å². The van der Waals surface area contributed by atoms with Crippen LogP contribution in [0, 0.1) is 0 Å². The van der Waals surface area contributed by atoms with Gasteiger partial charge in [-0.3, -0.25) is 4.79 Å². The highest BCUT2D eigenvalue weighted by atomic mass is 35.5. The number of carbonyl (C=O) groups is 1. The number of rotatable bonds is 5. The Morgan fingerprint density at radius 3 is 2.43 bits per heavy atom. The number of halogens is 1. The predicted molar refractivity (Wildman–Crippen MR) is 109 cm³/mol. The van der Waals surface area contributed by atoms with Crippen LogP contribution in [0.3, 0.4) is 0 Å². The van der Waals surface area contributed by atoms with E-state index in [4.69, 9.17) is 16.3 Å². The summed E-state index contributed by atoms with van der Waals surface area (Å²) in [5, 5.41) is 52.9. The van der Waals surface area contributed by atoms with E-state index in [0.717, 1.165) is 5.56 Å². The fourth-order valence-corrected chi connectivity index (χ4v) is 3.79. The van der Waals surface area contributed by atoms with Crippen LogP contribution in [0.5, 0.6) is 0 Å². The van der Waals surface area contributed by atoms with Gasteiger partial charge in [0.25, 0.3) is 5.91 Å². The molecule has 1 saturated heterocycles. The van der Waals surface area contributed by atoms with Crippen LogP contribution in [-0.2, 0) is 4.74 Å². The Bertz CT molecular complexity index is 907. The summed E-state index contributed by atoms with van der Waals surface area (Å²) in [6.07, 6.45) is -8.55. The van der Waals surface area contributed by atoms with Crippen molar-refractivity contribution in [3.63, 3.8) is 0 Å². The van der Waals surface area contributed by atoms with E-state index < -0.39 is 43.2 Å². The van der Waals surface area contributed by atoms with E-state index in [2.05, 4.69) is 5.32 Å². The Balaban J connectivity index is 1.87. The summed E-state index contributed by atoms with van der Waals surface area (Å²) in [5.41, 5.74) is 2.17. The monoisotopic (exact) mass is 437 g/mol. The molecule has 2 unspecified atom stereocenters. The highest BCUT2D eigenvalue weighted by Crippen LogP contribution is 2.35. The average Bonchev–Trinajstić information content (AvgIpc) is 2.76. The first kappa shape index (κ1) is 22.6. The summed E-state index contributed by atoms with van der Waals surface area (Å²) >= 11 is 6.37. The molecule has 0 aromatic heterocycles.